The van der Waals surface area contributed by atoms with Gasteiger partial charge in [0.2, 0.25) is 0 Å². The lowest BCUT2D eigenvalue weighted by atomic mass is 10.2. The fourth-order valence-corrected chi connectivity index (χ4v) is 1.88. The van der Waals surface area contributed by atoms with Crippen LogP contribution in [0.4, 0.5) is 0 Å². The van der Waals surface area contributed by atoms with Crippen molar-refractivity contribution in [2.45, 2.75) is 32.9 Å². The van der Waals surface area contributed by atoms with Crippen molar-refractivity contribution < 1.29 is 4.74 Å². The van der Waals surface area contributed by atoms with Crippen LogP contribution in [0.2, 0.25) is 0 Å². The van der Waals surface area contributed by atoms with E-state index in [0.29, 0.717) is 6.04 Å². The van der Waals surface area contributed by atoms with Gasteiger partial charge in [-0.2, -0.15) is 0 Å². The first-order valence-corrected chi connectivity index (χ1v) is 5.67. The first-order chi connectivity index (χ1) is 6.72. The fraction of sp³-hybridized carbons (Fsp3) is 0.700. The van der Waals surface area contributed by atoms with E-state index in [1.807, 2.05) is 6.20 Å². The molecule has 14 heavy (non-hydrogen) atoms. The molecule has 1 N–H and O–H groups in total. The number of nitrogens with one attached hydrogen (secondary N) is 1. The van der Waals surface area contributed by atoms with Crippen LogP contribution in [0.25, 0.3) is 0 Å². The van der Waals surface area contributed by atoms with Crippen LogP contribution in [0.1, 0.15) is 23.2 Å². The summed E-state index contributed by atoms with van der Waals surface area (Å²) in [5.41, 5.74) is 0. The monoisotopic (exact) mass is 214 g/mol. The van der Waals surface area contributed by atoms with Gasteiger partial charge in [0.1, 0.15) is 5.01 Å². The molecule has 0 saturated carbocycles. The maximum absolute atomic E-state index is 5.02. The van der Waals surface area contributed by atoms with E-state index >= 15 is 0 Å². The Kier molecular flexibility index (Phi) is 5.07. The van der Waals surface area contributed by atoms with Gasteiger partial charge in [0.25, 0.3) is 0 Å². The molecule has 0 fully saturated rings. The van der Waals surface area contributed by atoms with E-state index in [-0.39, 0.29) is 0 Å². The lowest BCUT2D eigenvalue weighted by molar-refractivity contribution is 0.184. The molecule has 0 saturated heterocycles. The van der Waals surface area contributed by atoms with Gasteiger partial charge in [-0.1, -0.05) is 0 Å². The minimum absolute atomic E-state index is 0.485. The predicted octanol–water partition coefficient (Wildman–Crippen LogP) is 1.97. The van der Waals surface area contributed by atoms with Crippen LogP contribution in [0, 0.1) is 6.92 Å². The number of nitrogens with zero attached hydrogens (tertiary/aromatic N) is 1. The van der Waals surface area contributed by atoms with Gasteiger partial charge in [0.05, 0.1) is 0 Å². The first-order valence-electron chi connectivity index (χ1n) is 4.86. The summed E-state index contributed by atoms with van der Waals surface area (Å²) in [6.45, 7) is 5.92. The Labute approximate surface area is 89.5 Å². The number of aromatic nitrogens is 1. The summed E-state index contributed by atoms with van der Waals surface area (Å²) in [6, 6.07) is 0.485. The van der Waals surface area contributed by atoms with Crippen molar-refractivity contribution >= 4 is 11.3 Å². The molecule has 1 unspecified atom stereocenters. The molecule has 1 heterocycles. The molecule has 0 aromatic carbocycles. The van der Waals surface area contributed by atoms with E-state index in [1.54, 1.807) is 18.4 Å². The summed E-state index contributed by atoms with van der Waals surface area (Å²) >= 11 is 1.75. The number of methoxy groups -OCH3 is 1. The first kappa shape index (κ1) is 11.6. The molecule has 0 radical (unpaired) electrons. The van der Waals surface area contributed by atoms with Crippen LogP contribution in [0.3, 0.4) is 0 Å². The van der Waals surface area contributed by atoms with E-state index in [2.05, 4.69) is 24.1 Å². The van der Waals surface area contributed by atoms with Gasteiger partial charge in [-0.3, -0.25) is 0 Å². The Hall–Kier alpha value is -0.450. The largest absolute Gasteiger partial charge is 0.385 e. The molecular weight excluding hydrogens is 196 g/mol. The zero-order valence-corrected chi connectivity index (χ0v) is 9.86. The topological polar surface area (TPSA) is 34.1 Å². The Morgan fingerprint density at radius 2 is 2.43 bits per heavy atom. The van der Waals surface area contributed by atoms with Crippen molar-refractivity contribution in [3.05, 3.63) is 16.1 Å². The summed E-state index contributed by atoms with van der Waals surface area (Å²) in [4.78, 5) is 5.56. The lowest BCUT2D eigenvalue weighted by Crippen LogP contribution is -2.26. The molecule has 1 rings (SSSR count). The maximum Gasteiger partial charge on any atom is 0.107 e. The van der Waals surface area contributed by atoms with Gasteiger partial charge < -0.3 is 10.1 Å². The molecule has 1 aromatic rings. The maximum atomic E-state index is 5.02. The Morgan fingerprint density at radius 1 is 1.64 bits per heavy atom. The van der Waals surface area contributed by atoms with Gasteiger partial charge in [-0.15, -0.1) is 11.3 Å². The number of rotatable bonds is 6. The summed E-state index contributed by atoms with van der Waals surface area (Å²) in [7, 11) is 1.73. The van der Waals surface area contributed by atoms with Gasteiger partial charge >= 0.3 is 0 Å². The van der Waals surface area contributed by atoms with Crippen LogP contribution in [-0.4, -0.2) is 24.7 Å². The summed E-state index contributed by atoms with van der Waals surface area (Å²) in [6.07, 6.45) is 2.96. The summed E-state index contributed by atoms with van der Waals surface area (Å²) in [5.74, 6) is 0. The van der Waals surface area contributed by atoms with Crippen molar-refractivity contribution in [2.24, 2.45) is 0 Å². The Balaban J connectivity index is 2.20. The second-order valence-corrected chi connectivity index (χ2v) is 4.75. The number of ether oxygens (including phenoxy) is 1. The Morgan fingerprint density at radius 3 is 3.00 bits per heavy atom. The molecule has 0 amide bonds. The third kappa shape index (κ3) is 4.17. The molecule has 1 aromatic heterocycles. The molecule has 80 valence electrons. The SMILES string of the molecule is COCCC(C)NCc1ncc(C)s1. The average Bonchev–Trinajstić information content (AvgIpc) is 2.58. The van der Waals surface area contributed by atoms with Crippen molar-refractivity contribution in [2.75, 3.05) is 13.7 Å². The van der Waals surface area contributed by atoms with Crippen molar-refractivity contribution in [1.82, 2.24) is 10.3 Å². The number of hydrogen-bond acceptors (Lipinski definition) is 4. The second-order valence-electron chi connectivity index (χ2n) is 3.43. The molecule has 3 nitrogen and oxygen atoms in total. The molecular formula is C10H18N2OS. The van der Waals surface area contributed by atoms with E-state index in [9.17, 15) is 0 Å². The lowest BCUT2D eigenvalue weighted by Gasteiger charge is -2.11. The van der Waals surface area contributed by atoms with E-state index in [0.717, 1.165) is 24.6 Å². The normalized spacial score (nSPS) is 13.1. The van der Waals surface area contributed by atoms with Crippen LogP contribution in [-0.2, 0) is 11.3 Å². The minimum atomic E-state index is 0.485. The molecule has 4 heteroatoms. The van der Waals surface area contributed by atoms with Gasteiger partial charge in [-0.05, 0) is 20.3 Å². The zero-order chi connectivity index (χ0) is 10.4. The van der Waals surface area contributed by atoms with E-state index in [4.69, 9.17) is 4.74 Å². The van der Waals surface area contributed by atoms with Crippen LogP contribution in [0.15, 0.2) is 6.20 Å². The predicted molar refractivity (Wildman–Crippen MR) is 59.6 cm³/mol. The van der Waals surface area contributed by atoms with Gasteiger partial charge in [0.15, 0.2) is 0 Å². The Bertz CT molecular complexity index is 262. The van der Waals surface area contributed by atoms with Crippen molar-refractivity contribution in [3.63, 3.8) is 0 Å². The highest BCUT2D eigenvalue weighted by atomic mass is 32.1. The third-order valence-electron chi connectivity index (χ3n) is 2.03. The minimum Gasteiger partial charge on any atom is -0.385 e. The molecule has 0 aliphatic heterocycles. The van der Waals surface area contributed by atoms with Crippen LogP contribution < -0.4 is 5.32 Å². The van der Waals surface area contributed by atoms with Gasteiger partial charge in [-0.25, -0.2) is 4.98 Å². The molecule has 0 aliphatic carbocycles. The fourth-order valence-electron chi connectivity index (χ4n) is 1.14. The third-order valence-corrected chi connectivity index (χ3v) is 2.94. The van der Waals surface area contributed by atoms with Crippen molar-refractivity contribution in [1.29, 1.82) is 0 Å². The highest BCUT2D eigenvalue weighted by Crippen LogP contribution is 2.10. The summed E-state index contributed by atoms with van der Waals surface area (Å²) in [5, 5.41) is 4.57. The van der Waals surface area contributed by atoms with Crippen LogP contribution in [0.5, 0.6) is 0 Å². The molecule has 0 aliphatic rings. The van der Waals surface area contributed by atoms with Gasteiger partial charge in [0, 0.05) is 37.4 Å². The van der Waals surface area contributed by atoms with Crippen molar-refractivity contribution in [3.8, 4) is 0 Å². The number of thiazole rings is 1. The molecule has 1 atom stereocenters. The molecule has 0 bridgehead atoms. The van der Waals surface area contributed by atoms with E-state index < -0.39 is 0 Å². The number of hydrogen-bond donors (Lipinski definition) is 1. The quantitative estimate of drug-likeness (QED) is 0.786. The highest BCUT2D eigenvalue weighted by molar-refractivity contribution is 7.11. The second kappa shape index (κ2) is 6.11. The standard InChI is InChI=1S/C10H18N2OS/c1-8(4-5-13-3)11-7-10-12-6-9(2)14-10/h6,8,11H,4-5,7H2,1-3H3. The summed E-state index contributed by atoms with van der Waals surface area (Å²) < 4.78 is 5.02. The average molecular weight is 214 g/mol. The van der Waals surface area contributed by atoms with Crippen LogP contribution >= 0.6 is 11.3 Å². The zero-order valence-electron chi connectivity index (χ0n) is 9.04. The smallest absolute Gasteiger partial charge is 0.107 e. The molecule has 0 spiro atoms. The number of aryl methyl sites for hydroxylation is 1. The highest BCUT2D eigenvalue weighted by Gasteiger charge is 2.03. The van der Waals surface area contributed by atoms with E-state index in [1.165, 1.54) is 4.88 Å².